The molecule has 0 fully saturated rings. The second-order valence-corrected chi connectivity index (χ2v) is 25.2. The standard InChI is InChI=1S/C72H72O8/c1-69(2,3)57-37-49-33-51-39-58(70(4,5)6)41-53(62(51)78-66(74)46-27-19-14-20-28-46)35-55-43-60(72(10,11)12)44-56(64(55)80-68(76)48-31-23-16-24-32-48)36-54-42-59(71(7,8)9)40-52(63(54)79-67(75)47-29-21-15-22-30-47)34-50(38-57)61(49)77-65(73)45-25-17-13-18-26-45/h13-32,37-44H,33-36H2,1-12H3. The summed E-state index contributed by atoms with van der Waals surface area (Å²) in [5.74, 6) is -0.790. The number of hydrogen-bond acceptors (Lipinski definition) is 8. The Hall–Kier alpha value is -8.36. The fourth-order valence-corrected chi connectivity index (χ4v) is 10.0. The largest absolute Gasteiger partial charge is 0.422 e. The molecule has 0 unspecified atom stereocenters. The predicted molar refractivity (Wildman–Crippen MR) is 317 cm³/mol. The Morgan fingerprint density at radius 1 is 0.263 bits per heavy atom. The molecule has 80 heavy (non-hydrogen) atoms. The summed E-state index contributed by atoms with van der Waals surface area (Å²) in [6, 6.07) is 52.5. The maximum Gasteiger partial charge on any atom is 0.343 e. The zero-order chi connectivity index (χ0) is 57.3. The van der Waals surface area contributed by atoms with Crippen LogP contribution in [-0.4, -0.2) is 23.9 Å². The second kappa shape index (κ2) is 22.4. The molecule has 8 bridgehead atoms. The van der Waals surface area contributed by atoms with Crippen molar-refractivity contribution >= 4 is 23.9 Å². The summed E-state index contributed by atoms with van der Waals surface area (Å²) in [5.41, 5.74) is 9.21. The summed E-state index contributed by atoms with van der Waals surface area (Å²) >= 11 is 0. The lowest BCUT2D eigenvalue weighted by Crippen LogP contribution is -2.20. The number of ether oxygens (including phenoxy) is 4. The van der Waals surface area contributed by atoms with E-state index in [0.29, 0.717) is 89.8 Å². The molecule has 0 aliphatic heterocycles. The highest BCUT2D eigenvalue weighted by Gasteiger charge is 2.32. The van der Waals surface area contributed by atoms with Gasteiger partial charge in [-0.05, 0) is 92.4 Å². The van der Waals surface area contributed by atoms with Gasteiger partial charge in [0.15, 0.2) is 0 Å². The minimum absolute atomic E-state index is 0.162. The zero-order valence-corrected chi connectivity index (χ0v) is 48.3. The van der Waals surface area contributed by atoms with Gasteiger partial charge in [0.25, 0.3) is 0 Å². The molecule has 8 aromatic carbocycles. The van der Waals surface area contributed by atoms with Gasteiger partial charge in [-0.2, -0.15) is 0 Å². The van der Waals surface area contributed by atoms with E-state index in [4.69, 9.17) is 18.9 Å². The van der Waals surface area contributed by atoms with E-state index in [1.54, 1.807) is 97.1 Å². The molecule has 8 nitrogen and oxygen atoms in total. The third-order valence-electron chi connectivity index (χ3n) is 14.8. The molecule has 0 amide bonds. The summed E-state index contributed by atoms with van der Waals surface area (Å²) in [7, 11) is 0. The Kier molecular flexibility index (Phi) is 15.8. The topological polar surface area (TPSA) is 105 Å². The van der Waals surface area contributed by atoms with Crippen molar-refractivity contribution in [2.24, 2.45) is 0 Å². The Morgan fingerprint density at radius 3 is 0.550 bits per heavy atom. The van der Waals surface area contributed by atoms with Gasteiger partial charge in [-0.15, -0.1) is 0 Å². The Morgan fingerprint density at radius 2 is 0.412 bits per heavy atom. The first-order chi connectivity index (χ1) is 37.8. The van der Waals surface area contributed by atoms with Crippen molar-refractivity contribution < 1.29 is 38.1 Å². The monoisotopic (exact) mass is 1060 g/mol. The van der Waals surface area contributed by atoms with Gasteiger partial charge in [0.05, 0.1) is 22.3 Å². The normalized spacial score (nSPS) is 12.8. The van der Waals surface area contributed by atoms with Crippen LogP contribution in [0.25, 0.3) is 0 Å². The van der Waals surface area contributed by atoms with Crippen LogP contribution < -0.4 is 18.9 Å². The van der Waals surface area contributed by atoms with E-state index < -0.39 is 45.5 Å². The minimum atomic E-state index is -0.545. The lowest BCUT2D eigenvalue weighted by atomic mass is 9.79. The molecule has 0 saturated heterocycles. The number of carbonyl (C=O) groups is 4. The third-order valence-corrected chi connectivity index (χ3v) is 14.8. The number of carbonyl (C=O) groups excluding carboxylic acids is 4. The van der Waals surface area contributed by atoms with Crippen LogP contribution in [0.5, 0.6) is 23.0 Å². The van der Waals surface area contributed by atoms with Crippen LogP contribution in [-0.2, 0) is 47.3 Å². The molecule has 1 aliphatic carbocycles. The molecular weight excluding hydrogens is 993 g/mol. The third kappa shape index (κ3) is 12.9. The smallest absolute Gasteiger partial charge is 0.343 e. The first-order valence-electron chi connectivity index (χ1n) is 27.5. The Labute approximate surface area is 472 Å². The second-order valence-electron chi connectivity index (χ2n) is 25.2. The molecule has 0 spiro atoms. The quantitative estimate of drug-likeness (QED) is 0.109. The summed E-state index contributed by atoms with van der Waals surface area (Å²) in [6.45, 7) is 25.8. The van der Waals surface area contributed by atoms with E-state index in [0.717, 1.165) is 22.3 Å². The molecular formula is C72H72O8. The summed E-state index contributed by atoms with van der Waals surface area (Å²) in [4.78, 5) is 58.6. The Bertz CT molecular complexity index is 3050. The fourth-order valence-electron chi connectivity index (χ4n) is 10.0. The van der Waals surface area contributed by atoms with Crippen molar-refractivity contribution in [3.63, 3.8) is 0 Å². The highest BCUT2D eigenvalue weighted by atomic mass is 16.5. The maximum atomic E-state index is 14.7. The number of benzene rings is 8. The van der Waals surface area contributed by atoms with Crippen LogP contribution in [0.2, 0.25) is 0 Å². The molecule has 0 aromatic heterocycles. The molecule has 1 aliphatic rings. The first-order valence-corrected chi connectivity index (χ1v) is 27.5. The molecule has 8 heteroatoms. The van der Waals surface area contributed by atoms with Crippen molar-refractivity contribution in [3.8, 4) is 23.0 Å². The molecule has 8 aromatic rings. The zero-order valence-electron chi connectivity index (χ0n) is 48.3. The summed E-state index contributed by atoms with van der Waals surface area (Å²) in [6.07, 6.45) is 0.646. The van der Waals surface area contributed by atoms with Gasteiger partial charge in [0, 0.05) is 70.2 Å². The maximum absolute atomic E-state index is 14.7. The van der Waals surface area contributed by atoms with Gasteiger partial charge in [0.1, 0.15) is 23.0 Å². The van der Waals surface area contributed by atoms with Crippen molar-refractivity contribution in [1.82, 2.24) is 0 Å². The van der Waals surface area contributed by atoms with Crippen LogP contribution >= 0.6 is 0 Å². The highest BCUT2D eigenvalue weighted by Crippen LogP contribution is 2.45. The van der Waals surface area contributed by atoms with Crippen LogP contribution in [0.15, 0.2) is 170 Å². The van der Waals surface area contributed by atoms with E-state index in [1.807, 2.05) is 24.3 Å². The summed E-state index contributed by atoms with van der Waals surface area (Å²) < 4.78 is 27.0. The van der Waals surface area contributed by atoms with Crippen molar-refractivity contribution in [2.75, 3.05) is 0 Å². The van der Waals surface area contributed by atoms with Gasteiger partial charge in [-0.1, -0.05) is 204 Å². The minimum Gasteiger partial charge on any atom is -0.422 e. The Balaban J connectivity index is 1.43. The molecule has 0 atom stereocenters. The van der Waals surface area contributed by atoms with Crippen LogP contribution in [0, 0.1) is 0 Å². The molecule has 408 valence electrons. The van der Waals surface area contributed by atoms with Gasteiger partial charge in [0.2, 0.25) is 0 Å². The molecule has 0 N–H and O–H groups in total. The van der Waals surface area contributed by atoms with E-state index in [2.05, 4.69) is 132 Å². The molecule has 0 radical (unpaired) electrons. The van der Waals surface area contributed by atoms with Crippen molar-refractivity contribution in [2.45, 2.75) is 130 Å². The van der Waals surface area contributed by atoms with Crippen LogP contribution in [0.3, 0.4) is 0 Å². The average Bonchev–Trinajstić information content (AvgIpc) is 3.44. The van der Waals surface area contributed by atoms with E-state index in [1.165, 1.54) is 0 Å². The van der Waals surface area contributed by atoms with Gasteiger partial charge >= 0.3 is 23.9 Å². The molecule has 0 saturated carbocycles. The summed E-state index contributed by atoms with van der Waals surface area (Å²) in [5, 5.41) is 0. The van der Waals surface area contributed by atoms with Crippen LogP contribution in [0.4, 0.5) is 0 Å². The van der Waals surface area contributed by atoms with Crippen LogP contribution in [0.1, 0.15) is 191 Å². The molecule has 0 heterocycles. The van der Waals surface area contributed by atoms with Crippen molar-refractivity contribution in [1.29, 1.82) is 0 Å². The lowest BCUT2D eigenvalue weighted by molar-refractivity contribution is 0.0722. The van der Waals surface area contributed by atoms with Gasteiger partial charge in [-0.3, -0.25) is 0 Å². The van der Waals surface area contributed by atoms with E-state index in [-0.39, 0.29) is 25.7 Å². The average molecular weight is 1070 g/mol. The number of rotatable bonds is 8. The SMILES string of the molecule is CC(C)(C)c1cc2c(OC(=O)c3ccccc3)c(c1)Cc1cc(C(C)(C)C)cc(c1OC(=O)c1ccccc1)Cc1cc(C(C)(C)C)cc(c1OC(=O)c1ccccc1)Cc1cc(C(C)(C)C)cc(c1OC(=O)c1ccccc1)C2. The fraction of sp³-hybridized carbons (Fsp3) is 0.278. The van der Waals surface area contributed by atoms with Gasteiger partial charge in [-0.25, -0.2) is 19.2 Å². The number of esters is 4. The molecule has 9 rings (SSSR count). The predicted octanol–water partition coefficient (Wildman–Crippen LogP) is 16.4. The number of hydrogen-bond donors (Lipinski definition) is 0. The first kappa shape index (κ1) is 56.4. The highest BCUT2D eigenvalue weighted by molar-refractivity contribution is 5.94. The van der Waals surface area contributed by atoms with Gasteiger partial charge < -0.3 is 18.9 Å². The van der Waals surface area contributed by atoms with Crippen molar-refractivity contribution in [3.05, 3.63) is 259 Å². The van der Waals surface area contributed by atoms with E-state index >= 15 is 0 Å². The number of fused-ring (bicyclic) bond motifs is 8. The lowest BCUT2D eigenvalue weighted by Gasteiger charge is -2.29. The van der Waals surface area contributed by atoms with E-state index in [9.17, 15) is 19.2 Å².